The second-order valence-corrected chi connectivity index (χ2v) is 4.88. The summed E-state index contributed by atoms with van der Waals surface area (Å²) < 4.78 is 0. The van der Waals surface area contributed by atoms with Crippen molar-refractivity contribution in [1.29, 1.82) is 0 Å². The van der Waals surface area contributed by atoms with Gasteiger partial charge in [-0.1, -0.05) is 6.07 Å². The first kappa shape index (κ1) is 9.93. The van der Waals surface area contributed by atoms with Crippen LogP contribution in [0.2, 0.25) is 0 Å². The summed E-state index contributed by atoms with van der Waals surface area (Å²) in [5.74, 6) is 0. The molecule has 0 amide bonds. The molecule has 4 heteroatoms. The van der Waals surface area contributed by atoms with Crippen LogP contribution in [-0.2, 0) is 13.0 Å². The minimum absolute atomic E-state index is 0.944. The molecular formula is C12H13N3S. The van der Waals surface area contributed by atoms with Gasteiger partial charge in [0.05, 0.1) is 5.69 Å². The van der Waals surface area contributed by atoms with Gasteiger partial charge in [0.15, 0.2) is 0 Å². The van der Waals surface area contributed by atoms with Gasteiger partial charge in [0.25, 0.3) is 0 Å². The van der Waals surface area contributed by atoms with E-state index in [1.165, 1.54) is 11.3 Å². The van der Waals surface area contributed by atoms with Crippen LogP contribution in [0.25, 0.3) is 10.7 Å². The number of aromatic nitrogens is 2. The van der Waals surface area contributed by atoms with Gasteiger partial charge in [-0.3, -0.25) is 0 Å². The van der Waals surface area contributed by atoms with Crippen LogP contribution in [0, 0.1) is 6.92 Å². The molecule has 0 saturated carbocycles. The fourth-order valence-electron chi connectivity index (χ4n) is 1.93. The fourth-order valence-corrected chi connectivity index (χ4v) is 2.69. The van der Waals surface area contributed by atoms with Crippen LogP contribution in [0.3, 0.4) is 0 Å². The Hall–Kier alpha value is -1.26. The maximum atomic E-state index is 4.70. The van der Waals surface area contributed by atoms with E-state index in [1.54, 1.807) is 11.3 Å². The van der Waals surface area contributed by atoms with Crippen molar-refractivity contribution in [2.24, 2.45) is 0 Å². The highest BCUT2D eigenvalue weighted by Crippen LogP contribution is 2.23. The van der Waals surface area contributed by atoms with Crippen molar-refractivity contribution >= 4 is 11.3 Å². The normalized spacial score (nSPS) is 14.8. The van der Waals surface area contributed by atoms with E-state index in [9.17, 15) is 0 Å². The Labute approximate surface area is 98.6 Å². The summed E-state index contributed by atoms with van der Waals surface area (Å²) in [4.78, 5) is 9.18. The highest BCUT2D eigenvalue weighted by molar-refractivity contribution is 7.13. The van der Waals surface area contributed by atoms with E-state index in [0.29, 0.717) is 0 Å². The van der Waals surface area contributed by atoms with Crippen molar-refractivity contribution in [3.8, 4) is 10.7 Å². The first-order valence-corrected chi connectivity index (χ1v) is 6.33. The highest BCUT2D eigenvalue weighted by Gasteiger charge is 2.12. The molecule has 16 heavy (non-hydrogen) atoms. The van der Waals surface area contributed by atoms with Crippen LogP contribution in [-0.4, -0.2) is 16.5 Å². The molecular weight excluding hydrogens is 218 g/mol. The molecule has 3 rings (SSSR count). The molecule has 3 heterocycles. The lowest BCUT2D eigenvalue weighted by Gasteiger charge is -2.16. The number of aryl methyl sites for hydroxylation is 1. The summed E-state index contributed by atoms with van der Waals surface area (Å²) in [6.07, 6.45) is 1.02. The van der Waals surface area contributed by atoms with E-state index in [4.69, 9.17) is 4.98 Å². The number of thiazole rings is 1. The zero-order valence-corrected chi connectivity index (χ0v) is 9.97. The molecule has 1 N–H and O–H groups in total. The van der Waals surface area contributed by atoms with Gasteiger partial charge in [-0.15, -0.1) is 11.3 Å². The largest absolute Gasteiger partial charge is 0.312 e. The van der Waals surface area contributed by atoms with Crippen LogP contribution in [0.1, 0.15) is 17.0 Å². The van der Waals surface area contributed by atoms with Gasteiger partial charge in [0, 0.05) is 36.3 Å². The Balaban J connectivity index is 2.02. The second-order valence-electron chi connectivity index (χ2n) is 4.02. The number of rotatable bonds is 1. The van der Waals surface area contributed by atoms with Crippen LogP contribution in [0.4, 0.5) is 0 Å². The van der Waals surface area contributed by atoms with Crippen molar-refractivity contribution < 1.29 is 0 Å². The fraction of sp³-hybridized carbons (Fsp3) is 0.333. The number of nitrogens with one attached hydrogen (secondary N) is 1. The van der Waals surface area contributed by atoms with Crippen molar-refractivity contribution in [3.05, 3.63) is 34.5 Å². The highest BCUT2D eigenvalue weighted by atomic mass is 32.1. The van der Waals surface area contributed by atoms with Gasteiger partial charge in [-0.2, -0.15) is 0 Å². The number of hydrogen-bond donors (Lipinski definition) is 1. The SMILES string of the molecule is Cc1csc(-c2ccc3c(n2)CCNC3)n1. The summed E-state index contributed by atoms with van der Waals surface area (Å²) in [5, 5.41) is 6.45. The second kappa shape index (κ2) is 3.96. The van der Waals surface area contributed by atoms with Crippen LogP contribution >= 0.6 is 11.3 Å². The quantitative estimate of drug-likeness (QED) is 0.817. The summed E-state index contributed by atoms with van der Waals surface area (Å²) in [7, 11) is 0. The molecule has 0 saturated heterocycles. The average Bonchev–Trinajstić information content (AvgIpc) is 2.75. The minimum atomic E-state index is 0.944. The summed E-state index contributed by atoms with van der Waals surface area (Å²) >= 11 is 1.66. The average molecular weight is 231 g/mol. The van der Waals surface area contributed by atoms with Gasteiger partial charge < -0.3 is 5.32 Å². The number of fused-ring (bicyclic) bond motifs is 1. The van der Waals surface area contributed by atoms with Crippen LogP contribution < -0.4 is 5.32 Å². The molecule has 1 aliphatic heterocycles. The molecule has 2 aromatic rings. The zero-order valence-electron chi connectivity index (χ0n) is 9.16. The number of pyridine rings is 1. The van der Waals surface area contributed by atoms with Gasteiger partial charge in [0.1, 0.15) is 5.01 Å². The Kier molecular flexibility index (Phi) is 2.46. The summed E-state index contributed by atoms with van der Waals surface area (Å²) in [6, 6.07) is 4.24. The van der Waals surface area contributed by atoms with E-state index >= 15 is 0 Å². The molecule has 1 aliphatic rings. The Morgan fingerprint density at radius 3 is 3.06 bits per heavy atom. The van der Waals surface area contributed by atoms with Gasteiger partial charge >= 0.3 is 0 Å². The molecule has 82 valence electrons. The zero-order chi connectivity index (χ0) is 11.0. The van der Waals surface area contributed by atoms with Crippen molar-refractivity contribution in [1.82, 2.24) is 15.3 Å². The molecule has 0 atom stereocenters. The van der Waals surface area contributed by atoms with Gasteiger partial charge in [-0.25, -0.2) is 9.97 Å². The van der Waals surface area contributed by atoms with E-state index in [-0.39, 0.29) is 0 Å². The number of nitrogens with zero attached hydrogens (tertiary/aromatic N) is 2. The van der Waals surface area contributed by atoms with Crippen molar-refractivity contribution in [2.45, 2.75) is 19.9 Å². The van der Waals surface area contributed by atoms with E-state index in [1.807, 2.05) is 6.92 Å². The molecule has 0 fully saturated rings. The maximum absolute atomic E-state index is 4.70. The monoisotopic (exact) mass is 231 g/mol. The molecule has 2 aromatic heterocycles. The van der Waals surface area contributed by atoms with E-state index in [0.717, 1.165) is 35.9 Å². The third-order valence-electron chi connectivity index (χ3n) is 2.76. The molecule has 0 aromatic carbocycles. The predicted octanol–water partition coefficient (Wildman–Crippen LogP) is 2.16. The Morgan fingerprint density at radius 2 is 2.25 bits per heavy atom. The van der Waals surface area contributed by atoms with Crippen LogP contribution in [0.15, 0.2) is 17.5 Å². The van der Waals surface area contributed by atoms with Crippen molar-refractivity contribution in [2.75, 3.05) is 6.54 Å². The molecule has 0 spiro atoms. The molecule has 0 aliphatic carbocycles. The lowest BCUT2D eigenvalue weighted by Crippen LogP contribution is -2.24. The first-order valence-electron chi connectivity index (χ1n) is 5.45. The summed E-state index contributed by atoms with van der Waals surface area (Å²) in [5.41, 5.74) is 4.63. The molecule has 0 unspecified atom stereocenters. The smallest absolute Gasteiger partial charge is 0.142 e. The van der Waals surface area contributed by atoms with E-state index in [2.05, 4.69) is 27.8 Å². The first-order chi connectivity index (χ1) is 7.83. The topological polar surface area (TPSA) is 37.8 Å². The van der Waals surface area contributed by atoms with Crippen molar-refractivity contribution in [3.63, 3.8) is 0 Å². The number of hydrogen-bond acceptors (Lipinski definition) is 4. The lowest BCUT2D eigenvalue weighted by atomic mass is 10.1. The molecule has 3 nitrogen and oxygen atoms in total. The minimum Gasteiger partial charge on any atom is -0.312 e. The maximum Gasteiger partial charge on any atom is 0.142 e. The third kappa shape index (κ3) is 1.74. The van der Waals surface area contributed by atoms with Gasteiger partial charge in [0.2, 0.25) is 0 Å². The Bertz CT molecular complexity index is 519. The van der Waals surface area contributed by atoms with Crippen LogP contribution in [0.5, 0.6) is 0 Å². The standard InChI is InChI=1S/C12H13N3S/c1-8-7-16-12(14-8)11-3-2-9-6-13-5-4-10(9)15-11/h2-3,7,13H,4-6H2,1H3. The van der Waals surface area contributed by atoms with E-state index < -0.39 is 0 Å². The predicted molar refractivity (Wildman–Crippen MR) is 65.5 cm³/mol. The molecule has 0 bridgehead atoms. The third-order valence-corrected chi connectivity index (χ3v) is 3.74. The van der Waals surface area contributed by atoms with Gasteiger partial charge in [-0.05, 0) is 18.6 Å². The molecule has 0 radical (unpaired) electrons. The Morgan fingerprint density at radius 1 is 1.31 bits per heavy atom. The summed E-state index contributed by atoms with van der Waals surface area (Å²) in [6.45, 7) is 3.99. The lowest BCUT2D eigenvalue weighted by molar-refractivity contribution is 0.631.